The highest BCUT2D eigenvalue weighted by Crippen LogP contribution is 2.51. The van der Waals surface area contributed by atoms with Crippen LogP contribution in [0.5, 0.6) is 11.5 Å². The molecule has 4 nitrogen and oxygen atoms in total. The second-order valence-electron chi connectivity index (χ2n) is 9.78. The summed E-state index contributed by atoms with van der Waals surface area (Å²) in [7, 11) is 3.41. The molecule has 2 aliphatic rings. The Kier molecular flexibility index (Phi) is 6.38. The molecule has 0 spiro atoms. The summed E-state index contributed by atoms with van der Waals surface area (Å²) in [6, 6.07) is 22.8. The van der Waals surface area contributed by atoms with Crippen molar-refractivity contribution in [3.63, 3.8) is 0 Å². The van der Waals surface area contributed by atoms with Gasteiger partial charge in [-0.05, 0) is 65.8 Å². The summed E-state index contributed by atoms with van der Waals surface area (Å²) < 4.78 is 11.3. The molecule has 1 amide bonds. The van der Waals surface area contributed by atoms with Crippen molar-refractivity contribution in [2.45, 2.75) is 32.9 Å². The van der Waals surface area contributed by atoms with Gasteiger partial charge >= 0.3 is 0 Å². The van der Waals surface area contributed by atoms with Crippen molar-refractivity contribution in [3.8, 4) is 22.6 Å². The van der Waals surface area contributed by atoms with E-state index in [1.54, 1.807) is 14.2 Å². The first-order valence-electron chi connectivity index (χ1n) is 12.4. The SMILES string of the molecule is COc1ccc(-c2ccc(OC)c(C3C4C=CCC(C)C4C(=O)N3Cc3ccccc3)c2)cc1C. The zero-order chi connectivity index (χ0) is 24.5. The number of likely N-dealkylation sites (tertiary alicyclic amines) is 1. The number of ether oxygens (including phenoxy) is 2. The maximum absolute atomic E-state index is 13.8. The highest BCUT2D eigenvalue weighted by atomic mass is 16.5. The Morgan fingerprint density at radius 1 is 0.914 bits per heavy atom. The Morgan fingerprint density at radius 2 is 1.60 bits per heavy atom. The zero-order valence-corrected chi connectivity index (χ0v) is 20.9. The van der Waals surface area contributed by atoms with Gasteiger partial charge in [0.05, 0.1) is 20.3 Å². The molecule has 1 aliphatic carbocycles. The van der Waals surface area contributed by atoms with Crippen LogP contribution in [0.1, 0.15) is 36.1 Å². The van der Waals surface area contributed by atoms with Gasteiger partial charge in [0.15, 0.2) is 0 Å². The average molecular weight is 468 g/mol. The van der Waals surface area contributed by atoms with Crippen LogP contribution in [0.4, 0.5) is 0 Å². The van der Waals surface area contributed by atoms with Gasteiger partial charge in [0.2, 0.25) is 5.91 Å². The molecule has 0 N–H and O–H groups in total. The third-order valence-corrected chi connectivity index (χ3v) is 7.63. The van der Waals surface area contributed by atoms with Crippen molar-refractivity contribution in [3.05, 3.63) is 95.6 Å². The first-order valence-corrected chi connectivity index (χ1v) is 12.4. The highest BCUT2D eigenvalue weighted by molar-refractivity contribution is 5.84. The average Bonchev–Trinajstić information content (AvgIpc) is 3.16. The second-order valence-corrected chi connectivity index (χ2v) is 9.78. The van der Waals surface area contributed by atoms with Gasteiger partial charge in [0.25, 0.3) is 0 Å². The molecule has 35 heavy (non-hydrogen) atoms. The van der Waals surface area contributed by atoms with E-state index in [2.05, 4.69) is 67.3 Å². The first kappa shape index (κ1) is 23.2. The summed E-state index contributed by atoms with van der Waals surface area (Å²) in [6.07, 6.45) is 5.46. The number of rotatable bonds is 6. The van der Waals surface area contributed by atoms with E-state index in [1.165, 1.54) is 0 Å². The van der Waals surface area contributed by atoms with E-state index in [9.17, 15) is 4.79 Å². The van der Waals surface area contributed by atoms with Crippen molar-refractivity contribution in [1.29, 1.82) is 0 Å². The Balaban J connectivity index is 1.62. The number of nitrogens with zero attached hydrogens (tertiary/aromatic N) is 1. The Bertz CT molecular complexity index is 1250. The lowest BCUT2D eigenvalue weighted by Gasteiger charge is -2.31. The van der Waals surface area contributed by atoms with E-state index in [0.29, 0.717) is 12.5 Å². The molecule has 1 aliphatic heterocycles. The summed E-state index contributed by atoms with van der Waals surface area (Å²) in [5, 5.41) is 0. The summed E-state index contributed by atoms with van der Waals surface area (Å²) in [5.41, 5.74) is 5.52. The van der Waals surface area contributed by atoms with Crippen molar-refractivity contribution >= 4 is 5.91 Å². The molecule has 0 aromatic heterocycles. The second kappa shape index (κ2) is 9.61. The van der Waals surface area contributed by atoms with Crippen molar-refractivity contribution in [2.24, 2.45) is 17.8 Å². The molecule has 4 heteroatoms. The summed E-state index contributed by atoms with van der Waals surface area (Å²) in [5.74, 6) is 2.37. The minimum absolute atomic E-state index is 0.00898. The lowest BCUT2D eigenvalue weighted by atomic mass is 9.75. The van der Waals surface area contributed by atoms with Crippen LogP contribution in [0.25, 0.3) is 11.1 Å². The quantitative estimate of drug-likeness (QED) is 0.384. The third-order valence-electron chi connectivity index (χ3n) is 7.63. The van der Waals surface area contributed by atoms with E-state index in [4.69, 9.17) is 9.47 Å². The number of benzene rings is 3. The van der Waals surface area contributed by atoms with Gasteiger partial charge in [0.1, 0.15) is 11.5 Å². The molecule has 0 bridgehead atoms. The van der Waals surface area contributed by atoms with Crippen LogP contribution in [0, 0.1) is 24.7 Å². The van der Waals surface area contributed by atoms with Crippen molar-refractivity contribution in [1.82, 2.24) is 4.90 Å². The van der Waals surface area contributed by atoms with Crippen molar-refractivity contribution in [2.75, 3.05) is 14.2 Å². The molecule has 3 aromatic carbocycles. The van der Waals surface area contributed by atoms with E-state index >= 15 is 0 Å². The number of hydrogen-bond donors (Lipinski definition) is 0. The van der Waals surface area contributed by atoms with Crippen LogP contribution >= 0.6 is 0 Å². The topological polar surface area (TPSA) is 38.8 Å². The Labute approximate surface area is 208 Å². The number of hydrogen-bond acceptors (Lipinski definition) is 3. The molecular weight excluding hydrogens is 434 g/mol. The number of allylic oxidation sites excluding steroid dienone is 1. The molecule has 1 heterocycles. The number of carbonyl (C=O) groups excluding carboxylic acids is 1. The van der Waals surface area contributed by atoms with Gasteiger partial charge in [0, 0.05) is 23.9 Å². The number of aryl methyl sites for hydroxylation is 1. The molecule has 0 radical (unpaired) electrons. The predicted octanol–water partition coefficient (Wildman–Crippen LogP) is 6.59. The molecule has 1 fully saturated rings. The zero-order valence-electron chi connectivity index (χ0n) is 20.9. The lowest BCUT2D eigenvalue weighted by Crippen LogP contribution is -2.30. The normalized spacial score (nSPS) is 23.3. The maximum Gasteiger partial charge on any atom is 0.227 e. The van der Waals surface area contributed by atoms with E-state index in [-0.39, 0.29) is 23.8 Å². The predicted molar refractivity (Wildman–Crippen MR) is 139 cm³/mol. The number of fused-ring (bicyclic) bond motifs is 1. The minimum atomic E-state index is -0.0825. The summed E-state index contributed by atoms with van der Waals surface area (Å²) in [6.45, 7) is 4.85. The third kappa shape index (κ3) is 4.22. The Morgan fingerprint density at radius 3 is 2.29 bits per heavy atom. The van der Waals surface area contributed by atoms with Gasteiger partial charge in [-0.15, -0.1) is 0 Å². The van der Waals surface area contributed by atoms with Crippen molar-refractivity contribution < 1.29 is 14.3 Å². The number of carbonyl (C=O) groups is 1. The van der Waals surface area contributed by atoms with Crippen LogP contribution in [0.3, 0.4) is 0 Å². The van der Waals surface area contributed by atoms with E-state index in [1.807, 2.05) is 30.3 Å². The van der Waals surface area contributed by atoms with Crippen LogP contribution in [-0.4, -0.2) is 25.0 Å². The standard InChI is InChI=1S/C31H33NO3/c1-20-9-8-12-25-29(20)31(33)32(19-22-10-6-5-7-11-22)30(25)26-18-24(14-16-28(26)35-4)23-13-15-27(34-3)21(2)17-23/h5-8,10-18,20,25,29-30H,9,19H2,1-4H3. The van der Waals surface area contributed by atoms with E-state index < -0.39 is 0 Å². The first-order chi connectivity index (χ1) is 17.0. The smallest absolute Gasteiger partial charge is 0.227 e. The van der Waals surface area contributed by atoms with Crippen LogP contribution in [0.15, 0.2) is 78.9 Å². The fourth-order valence-electron chi connectivity index (χ4n) is 5.88. The van der Waals surface area contributed by atoms with Gasteiger partial charge in [-0.1, -0.05) is 61.5 Å². The Hall–Kier alpha value is -3.53. The van der Waals surface area contributed by atoms with Gasteiger partial charge in [-0.3, -0.25) is 4.79 Å². The highest BCUT2D eigenvalue weighted by Gasteiger charge is 2.51. The number of amides is 1. The van der Waals surface area contributed by atoms with Crippen LogP contribution in [0.2, 0.25) is 0 Å². The van der Waals surface area contributed by atoms with Gasteiger partial charge in [-0.25, -0.2) is 0 Å². The fraction of sp³-hybridized carbons (Fsp3) is 0.323. The molecule has 5 rings (SSSR count). The molecule has 180 valence electrons. The molecular formula is C31H33NO3. The molecule has 3 aromatic rings. The molecule has 1 saturated heterocycles. The van der Waals surface area contributed by atoms with Crippen LogP contribution < -0.4 is 9.47 Å². The van der Waals surface area contributed by atoms with Gasteiger partial charge in [-0.2, -0.15) is 0 Å². The van der Waals surface area contributed by atoms with E-state index in [0.717, 1.165) is 45.7 Å². The lowest BCUT2D eigenvalue weighted by molar-refractivity contribution is -0.134. The molecule has 4 unspecified atom stereocenters. The number of methoxy groups -OCH3 is 2. The molecule has 0 saturated carbocycles. The summed E-state index contributed by atoms with van der Waals surface area (Å²) >= 11 is 0. The summed E-state index contributed by atoms with van der Waals surface area (Å²) in [4.78, 5) is 15.9. The van der Waals surface area contributed by atoms with Gasteiger partial charge < -0.3 is 14.4 Å². The fourth-order valence-corrected chi connectivity index (χ4v) is 5.88. The maximum atomic E-state index is 13.8. The molecule has 4 atom stereocenters. The largest absolute Gasteiger partial charge is 0.496 e. The van der Waals surface area contributed by atoms with Crippen LogP contribution in [-0.2, 0) is 11.3 Å². The minimum Gasteiger partial charge on any atom is -0.496 e. The monoisotopic (exact) mass is 467 g/mol.